The molecule has 2 nitrogen and oxygen atoms in total. The van der Waals surface area contributed by atoms with E-state index in [1.165, 1.54) is 0 Å². The largest absolute Gasteiger partial charge is 0.298 e. The molecule has 0 atom stereocenters. The molecule has 2 rings (SSSR count). The molecule has 0 fully saturated rings. The lowest BCUT2D eigenvalue weighted by atomic mass is 10.1. The van der Waals surface area contributed by atoms with Crippen LogP contribution in [-0.2, 0) is 0 Å². The van der Waals surface area contributed by atoms with Gasteiger partial charge in [-0.05, 0) is 18.2 Å². The molecule has 0 aliphatic rings. The van der Waals surface area contributed by atoms with Gasteiger partial charge in [0.2, 0.25) is 0 Å². The summed E-state index contributed by atoms with van der Waals surface area (Å²) in [5.74, 6) is 0. The molecule has 4 heteroatoms. The van der Waals surface area contributed by atoms with Crippen LogP contribution in [0.25, 0.3) is 10.9 Å². The number of carbonyl (C=O) groups is 1. The minimum atomic E-state index is 0.447. The number of rotatable bonds is 1. The Balaban J connectivity index is 2.93. The van der Waals surface area contributed by atoms with E-state index in [1.54, 1.807) is 24.4 Å². The zero-order valence-electron chi connectivity index (χ0n) is 7.00. The summed E-state index contributed by atoms with van der Waals surface area (Å²) in [6.45, 7) is 0. The monoisotopic (exact) mass is 225 g/mol. The van der Waals surface area contributed by atoms with Crippen molar-refractivity contribution >= 4 is 40.4 Å². The highest BCUT2D eigenvalue weighted by Crippen LogP contribution is 2.28. The summed E-state index contributed by atoms with van der Waals surface area (Å²) < 4.78 is 0. The molecule has 0 unspecified atom stereocenters. The topological polar surface area (TPSA) is 30.0 Å². The fourth-order valence-electron chi connectivity index (χ4n) is 1.33. The molecule has 0 saturated heterocycles. The first-order valence-corrected chi connectivity index (χ1v) is 4.67. The lowest BCUT2D eigenvalue weighted by molar-refractivity contribution is 0.112. The predicted molar refractivity (Wildman–Crippen MR) is 57.2 cm³/mol. The Morgan fingerprint density at radius 1 is 1.29 bits per heavy atom. The lowest BCUT2D eigenvalue weighted by Gasteiger charge is -2.02. The van der Waals surface area contributed by atoms with E-state index in [0.29, 0.717) is 26.5 Å². The average Bonchev–Trinajstić information content (AvgIpc) is 2.16. The van der Waals surface area contributed by atoms with Gasteiger partial charge in [-0.3, -0.25) is 9.78 Å². The molecule has 0 N–H and O–H groups in total. The standard InChI is InChI=1S/C10H5Cl2NO/c11-7-3-8(12)10-6(5-14)1-2-13-9(10)4-7/h1-5H. The zero-order valence-corrected chi connectivity index (χ0v) is 8.51. The van der Waals surface area contributed by atoms with Crippen molar-refractivity contribution in [2.75, 3.05) is 0 Å². The first-order valence-electron chi connectivity index (χ1n) is 3.91. The van der Waals surface area contributed by atoms with Gasteiger partial charge in [-0.1, -0.05) is 23.2 Å². The molecule has 2 aromatic rings. The minimum Gasteiger partial charge on any atom is -0.298 e. The number of halogens is 2. The van der Waals surface area contributed by atoms with Crippen molar-refractivity contribution in [3.63, 3.8) is 0 Å². The van der Waals surface area contributed by atoms with Gasteiger partial charge in [0.1, 0.15) is 0 Å². The number of aldehydes is 1. The average molecular weight is 226 g/mol. The van der Waals surface area contributed by atoms with E-state index >= 15 is 0 Å². The van der Waals surface area contributed by atoms with E-state index in [1.807, 2.05) is 0 Å². The van der Waals surface area contributed by atoms with E-state index < -0.39 is 0 Å². The van der Waals surface area contributed by atoms with E-state index in [2.05, 4.69) is 4.98 Å². The summed E-state index contributed by atoms with van der Waals surface area (Å²) in [5, 5.41) is 1.61. The molecule has 70 valence electrons. The van der Waals surface area contributed by atoms with E-state index in [-0.39, 0.29) is 0 Å². The van der Waals surface area contributed by atoms with Gasteiger partial charge in [0.15, 0.2) is 6.29 Å². The van der Waals surface area contributed by atoms with Crippen LogP contribution >= 0.6 is 23.2 Å². The Bertz CT molecular complexity index is 511. The summed E-state index contributed by atoms with van der Waals surface area (Å²) in [6, 6.07) is 4.89. The highest BCUT2D eigenvalue weighted by Gasteiger charge is 2.06. The predicted octanol–water partition coefficient (Wildman–Crippen LogP) is 3.35. The highest BCUT2D eigenvalue weighted by molar-refractivity contribution is 6.39. The van der Waals surface area contributed by atoms with Gasteiger partial charge < -0.3 is 0 Å². The molecule has 1 aromatic heterocycles. The molecule has 1 aromatic carbocycles. The van der Waals surface area contributed by atoms with Gasteiger partial charge in [-0.25, -0.2) is 0 Å². The summed E-state index contributed by atoms with van der Waals surface area (Å²) >= 11 is 11.8. The van der Waals surface area contributed by atoms with Crippen molar-refractivity contribution in [3.05, 3.63) is 40.0 Å². The Labute approximate surface area is 90.5 Å². The SMILES string of the molecule is O=Cc1ccnc2cc(Cl)cc(Cl)c12. The van der Waals surface area contributed by atoms with Gasteiger partial charge in [0.05, 0.1) is 10.5 Å². The van der Waals surface area contributed by atoms with Gasteiger partial charge in [-0.2, -0.15) is 0 Å². The normalized spacial score (nSPS) is 10.4. The molecule has 0 bridgehead atoms. The fourth-order valence-corrected chi connectivity index (χ4v) is 1.92. The number of hydrogen-bond donors (Lipinski definition) is 0. The van der Waals surface area contributed by atoms with Crippen LogP contribution < -0.4 is 0 Å². The molecule has 0 spiro atoms. The van der Waals surface area contributed by atoms with Crippen molar-refractivity contribution in [3.8, 4) is 0 Å². The Morgan fingerprint density at radius 3 is 2.79 bits per heavy atom. The summed E-state index contributed by atoms with van der Waals surface area (Å²) in [6.07, 6.45) is 2.31. The second-order valence-electron chi connectivity index (χ2n) is 2.80. The van der Waals surface area contributed by atoms with Crippen LogP contribution in [0.15, 0.2) is 24.4 Å². The number of hydrogen-bond acceptors (Lipinski definition) is 2. The van der Waals surface area contributed by atoms with Crippen molar-refractivity contribution in [2.24, 2.45) is 0 Å². The highest BCUT2D eigenvalue weighted by atomic mass is 35.5. The van der Waals surface area contributed by atoms with E-state index in [4.69, 9.17) is 23.2 Å². The first-order chi connectivity index (χ1) is 6.72. The van der Waals surface area contributed by atoms with Gasteiger partial charge in [-0.15, -0.1) is 0 Å². The van der Waals surface area contributed by atoms with Crippen molar-refractivity contribution < 1.29 is 4.79 Å². The third kappa shape index (κ3) is 1.47. The van der Waals surface area contributed by atoms with Gasteiger partial charge in [0, 0.05) is 22.2 Å². The van der Waals surface area contributed by atoms with Crippen molar-refractivity contribution in [2.45, 2.75) is 0 Å². The maximum Gasteiger partial charge on any atom is 0.150 e. The first kappa shape index (κ1) is 9.44. The lowest BCUT2D eigenvalue weighted by Crippen LogP contribution is -1.87. The van der Waals surface area contributed by atoms with Crippen LogP contribution in [0, 0.1) is 0 Å². The quantitative estimate of drug-likeness (QED) is 0.698. The fraction of sp³-hybridized carbons (Fsp3) is 0. The van der Waals surface area contributed by atoms with Crippen LogP contribution in [0.2, 0.25) is 10.0 Å². The van der Waals surface area contributed by atoms with Crippen LogP contribution in [0.5, 0.6) is 0 Å². The number of pyridine rings is 1. The molecule has 14 heavy (non-hydrogen) atoms. The summed E-state index contributed by atoms with van der Waals surface area (Å²) in [7, 11) is 0. The number of benzene rings is 1. The Morgan fingerprint density at radius 2 is 2.07 bits per heavy atom. The molecular weight excluding hydrogens is 221 g/mol. The Kier molecular flexibility index (Phi) is 2.40. The van der Waals surface area contributed by atoms with Gasteiger partial charge >= 0.3 is 0 Å². The van der Waals surface area contributed by atoms with E-state index in [9.17, 15) is 4.79 Å². The molecule has 0 aliphatic heterocycles. The van der Waals surface area contributed by atoms with Crippen molar-refractivity contribution in [1.82, 2.24) is 4.98 Å². The summed E-state index contributed by atoms with van der Waals surface area (Å²) in [5.41, 5.74) is 1.16. The molecule has 1 heterocycles. The molecule has 0 aliphatic carbocycles. The third-order valence-electron chi connectivity index (χ3n) is 1.92. The maximum atomic E-state index is 10.7. The third-order valence-corrected chi connectivity index (χ3v) is 2.43. The maximum absolute atomic E-state index is 10.7. The van der Waals surface area contributed by atoms with Crippen molar-refractivity contribution in [1.29, 1.82) is 0 Å². The molecule has 0 amide bonds. The molecular formula is C10H5Cl2NO. The number of nitrogens with zero attached hydrogens (tertiary/aromatic N) is 1. The zero-order chi connectivity index (χ0) is 10.1. The number of carbonyl (C=O) groups excluding carboxylic acids is 1. The number of fused-ring (bicyclic) bond motifs is 1. The van der Waals surface area contributed by atoms with Crippen LogP contribution in [0.4, 0.5) is 0 Å². The van der Waals surface area contributed by atoms with E-state index in [0.717, 1.165) is 6.29 Å². The molecule has 0 radical (unpaired) electrons. The Hall–Kier alpha value is -1.12. The van der Waals surface area contributed by atoms with Crippen LogP contribution in [-0.4, -0.2) is 11.3 Å². The smallest absolute Gasteiger partial charge is 0.150 e. The second-order valence-corrected chi connectivity index (χ2v) is 3.64. The minimum absolute atomic E-state index is 0.447. The second kappa shape index (κ2) is 3.56. The van der Waals surface area contributed by atoms with Crippen LogP contribution in [0.3, 0.4) is 0 Å². The van der Waals surface area contributed by atoms with Gasteiger partial charge in [0.25, 0.3) is 0 Å². The summed E-state index contributed by atoms with van der Waals surface area (Å²) in [4.78, 5) is 14.8. The van der Waals surface area contributed by atoms with Crippen LogP contribution in [0.1, 0.15) is 10.4 Å². The number of aromatic nitrogens is 1. The molecule has 0 saturated carbocycles.